The highest BCUT2D eigenvalue weighted by Gasteiger charge is 2.28. The summed E-state index contributed by atoms with van der Waals surface area (Å²) in [6, 6.07) is 7.20. The van der Waals surface area contributed by atoms with E-state index < -0.39 is 0 Å². The molecule has 7 heteroatoms. The molecule has 0 spiro atoms. The summed E-state index contributed by atoms with van der Waals surface area (Å²) >= 11 is 6.01. The van der Waals surface area contributed by atoms with Gasteiger partial charge in [0.25, 0.3) is 0 Å². The second-order valence-electron chi connectivity index (χ2n) is 6.50. The molecule has 0 atom stereocenters. The van der Waals surface area contributed by atoms with Gasteiger partial charge in [0.15, 0.2) is 0 Å². The summed E-state index contributed by atoms with van der Waals surface area (Å²) in [6.07, 6.45) is 0.892. The van der Waals surface area contributed by atoms with Crippen molar-refractivity contribution in [2.75, 3.05) is 24.5 Å². The smallest absolute Gasteiger partial charge is 0.246 e. The quantitative estimate of drug-likeness (QED) is 0.826. The summed E-state index contributed by atoms with van der Waals surface area (Å²) in [5.74, 6) is -0.188. The van der Waals surface area contributed by atoms with Crippen molar-refractivity contribution in [3.8, 4) is 0 Å². The molecule has 2 aromatic rings. The Morgan fingerprint density at radius 1 is 1.27 bits per heavy atom. The van der Waals surface area contributed by atoms with E-state index >= 15 is 0 Å². The first kappa shape index (κ1) is 18.5. The molecular weight excluding hydrogens is 352 g/mol. The van der Waals surface area contributed by atoms with Crippen LogP contribution in [0.15, 0.2) is 24.3 Å². The van der Waals surface area contributed by atoms with Crippen LogP contribution in [0, 0.1) is 13.8 Å². The normalized spacial score (nSPS) is 14.8. The summed E-state index contributed by atoms with van der Waals surface area (Å²) in [4.78, 5) is 28.4. The Balaban J connectivity index is 1.67. The van der Waals surface area contributed by atoms with E-state index in [1.54, 1.807) is 26.6 Å². The molecule has 0 saturated carbocycles. The standard InChI is InChI=1S/C19H23ClN4O2/c1-4-17-13(2)21-24(14(17)3)12-18(25)22-8-9-23(19(26)11-22)16-7-5-6-15(20)10-16/h5-7,10H,4,8-9,11-12H2,1-3H3. The van der Waals surface area contributed by atoms with Gasteiger partial charge in [-0.3, -0.25) is 14.3 Å². The maximum Gasteiger partial charge on any atom is 0.246 e. The molecule has 138 valence electrons. The van der Waals surface area contributed by atoms with Crippen molar-refractivity contribution in [1.29, 1.82) is 0 Å². The molecule has 1 fully saturated rings. The molecule has 0 bridgehead atoms. The molecule has 1 aliphatic rings. The fourth-order valence-corrected chi connectivity index (χ4v) is 3.62. The summed E-state index contributed by atoms with van der Waals surface area (Å²) < 4.78 is 1.74. The van der Waals surface area contributed by atoms with Crippen LogP contribution in [-0.2, 0) is 22.6 Å². The molecule has 2 heterocycles. The average Bonchev–Trinajstić information content (AvgIpc) is 2.87. The van der Waals surface area contributed by atoms with Crippen molar-refractivity contribution >= 4 is 29.1 Å². The summed E-state index contributed by atoms with van der Waals surface area (Å²) in [5, 5.41) is 5.05. The Morgan fingerprint density at radius 3 is 2.65 bits per heavy atom. The molecule has 0 N–H and O–H groups in total. The van der Waals surface area contributed by atoms with Gasteiger partial charge in [-0.15, -0.1) is 0 Å². The molecule has 0 radical (unpaired) electrons. The second kappa shape index (κ2) is 7.50. The van der Waals surface area contributed by atoms with E-state index in [0.717, 1.165) is 23.5 Å². The van der Waals surface area contributed by atoms with Gasteiger partial charge in [-0.2, -0.15) is 5.10 Å². The third-order valence-corrected chi connectivity index (χ3v) is 5.10. The lowest BCUT2D eigenvalue weighted by molar-refractivity contribution is -0.137. The number of halogens is 1. The van der Waals surface area contributed by atoms with Gasteiger partial charge in [0, 0.05) is 29.5 Å². The first-order chi connectivity index (χ1) is 12.4. The number of carbonyl (C=O) groups excluding carboxylic acids is 2. The summed E-state index contributed by atoms with van der Waals surface area (Å²) in [5.41, 5.74) is 3.92. The number of carbonyl (C=O) groups is 2. The van der Waals surface area contributed by atoms with Crippen molar-refractivity contribution in [1.82, 2.24) is 14.7 Å². The molecule has 1 aromatic carbocycles. The van der Waals surface area contributed by atoms with Crippen LogP contribution in [0.1, 0.15) is 23.9 Å². The van der Waals surface area contributed by atoms with Crippen LogP contribution in [0.25, 0.3) is 0 Å². The van der Waals surface area contributed by atoms with Gasteiger partial charge in [0.1, 0.15) is 13.1 Å². The zero-order valence-electron chi connectivity index (χ0n) is 15.3. The number of anilines is 1. The van der Waals surface area contributed by atoms with Crippen LogP contribution in [0.4, 0.5) is 5.69 Å². The minimum absolute atomic E-state index is 0.0747. The Labute approximate surface area is 158 Å². The maximum absolute atomic E-state index is 12.6. The van der Waals surface area contributed by atoms with Gasteiger partial charge in [0.2, 0.25) is 11.8 Å². The van der Waals surface area contributed by atoms with E-state index in [4.69, 9.17) is 11.6 Å². The van der Waals surface area contributed by atoms with E-state index in [-0.39, 0.29) is 24.9 Å². The Kier molecular flexibility index (Phi) is 5.32. The van der Waals surface area contributed by atoms with Crippen molar-refractivity contribution in [2.24, 2.45) is 0 Å². The zero-order valence-corrected chi connectivity index (χ0v) is 16.1. The molecule has 2 amide bonds. The SMILES string of the molecule is CCc1c(C)nn(CC(=O)N2CCN(c3cccc(Cl)c3)C(=O)C2)c1C. The number of aromatic nitrogens is 2. The van der Waals surface area contributed by atoms with Gasteiger partial charge in [-0.25, -0.2) is 0 Å². The third kappa shape index (κ3) is 3.60. The lowest BCUT2D eigenvalue weighted by atomic mass is 10.1. The number of rotatable bonds is 4. The molecule has 6 nitrogen and oxygen atoms in total. The largest absolute Gasteiger partial charge is 0.330 e. The number of hydrogen-bond acceptors (Lipinski definition) is 3. The Hall–Kier alpha value is -2.34. The Bertz CT molecular complexity index is 846. The molecule has 3 rings (SSSR count). The number of piperazine rings is 1. The van der Waals surface area contributed by atoms with E-state index in [9.17, 15) is 9.59 Å². The maximum atomic E-state index is 12.6. The fraction of sp³-hybridized carbons (Fsp3) is 0.421. The van der Waals surface area contributed by atoms with Crippen LogP contribution >= 0.6 is 11.6 Å². The number of aryl methyl sites for hydroxylation is 1. The van der Waals surface area contributed by atoms with Crippen LogP contribution in [-0.4, -0.2) is 46.1 Å². The van der Waals surface area contributed by atoms with Crippen molar-refractivity contribution in [2.45, 2.75) is 33.7 Å². The third-order valence-electron chi connectivity index (χ3n) is 4.86. The highest BCUT2D eigenvalue weighted by atomic mass is 35.5. The molecule has 1 saturated heterocycles. The first-order valence-electron chi connectivity index (χ1n) is 8.77. The minimum atomic E-state index is -0.102. The molecule has 0 unspecified atom stereocenters. The molecular formula is C19H23ClN4O2. The molecule has 1 aliphatic heterocycles. The summed E-state index contributed by atoms with van der Waals surface area (Å²) in [7, 11) is 0. The van der Waals surface area contributed by atoms with Crippen molar-refractivity contribution in [3.05, 3.63) is 46.2 Å². The average molecular weight is 375 g/mol. The van der Waals surface area contributed by atoms with Crippen LogP contribution in [0.5, 0.6) is 0 Å². The van der Waals surface area contributed by atoms with Crippen LogP contribution < -0.4 is 4.90 Å². The lowest BCUT2D eigenvalue weighted by Crippen LogP contribution is -2.53. The lowest BCUT2D eigenvalue weighted by Gasteiger charge is -2.34. The van der Waals surface area contributed by atoms with E-state index in [0.29, 0.717) is 18.1 Å². The highest BCUT2D eigenvalue weighted by Crippen LogP contribution is 2.21. The van der Waals surface area contributed by atoms with Gasteiger partial charge in [-0.05, 0) is 44.0 Å². The van der Waals surface area contributed by atoms with E-state index in [1.807, 2.05) is 26.0 Å². The molecule has 26 heavy (non-hydrogen) atoms. The van der Waals surface area contributed by atoms with Crippen molar-refractivity contribution < 1.29 is 9.59 Å². The fourth-order valence-electron chi connectivity index (χ4n) is 3.43. The van der Waals surface area contributed by atoms with Gasteiger partial charge >= 0.3 is 0 Å². The molecule has 0 aliphatic carbocycles. The van der Waals surface area contributed by atoms with Crippen molar-refractivity contribution in [3.63, 3.8) is 0 Å². The topological polar surface area (TPSA) is 58.4 Å². The summed E-state index contributed by atoms with van der Waals surface area (Å²) in [6.45, 7) is 7.22. The van der Waals surface area contributed by atoms with Crippen LogP contribution in [0.2, 0.25) is 5.02 Å². The number of benzene rings is 1. The predicted molar refractivity (Wildman–Crippen MR) is 101 cm³/mol. The number of hydrogen-bond donors (Lipinski definition) is 0. The molecule has 1 aromatic heterocycles. The first-order valence-corrected chi connectivity index (χ1v) is 9.15. The van der Waals surface area contributed by atoms with E-state index in [1.165, 1.54) is 5.56 Å². The predicted octanol–water partition coefficient (Wildman–Crippen LogP) is 2.59. The Morgan fingerprint density at radius 2 is 2.04 bits per heavy atom. The number of amides is 2. The zero-order chi connectivity index (χ0) is 18.8. The highest BCUT2D eigenvalue weighted by molar-refractivity contribution is 6.30. The van der Waals surface area contributed by atoms with Crippen LogP contribution in [0.3, 0.4) is 0 Å². The minimum Gasteiger partial charge on any atom is -0.330 e. The van der Waals surface area contributed by atoms with E-state index in [2.05, 4.69) is 12.0 Å². The van der Waals surface area contributed by atoms with Gasteiger partial charge in [0.05, 0.1) is 5.69 Å². The second-order valence-corrected chi connectivity index (χ2v) is 6.94. The number of nitrogens with zero attached hydrogens (tertiary/aromatic N) is 4. The van der Waals surface area contributed by atoms with Gasteiger partial charge in [-0.1, -0.05) is 24.6 Å². The monoisotopic (exact) mass is 374 g/mol. The van der Waals surface area contributed by atoms with Gasteiger partial charge < -0.3 is 9.80 Å².